The zero-order valence-electron chi connectivity index (χ0n) is 17.8. The number of aryl methyl sites for hydroxylation is 2. The van der Waals surface area contributed by atoms with Gasteiger partial charge in [0.25, 0.3) is 5.56 Å². The van der Waals surface area contributed by atoms with E-state index in [1.165, 1.54) is 17.3 Å². The summed E-state index contributed by atoms with van der Waals surface area (Å²) < 4.78 is 7.62. The van der Waals surface area contributed by atoms with Gasteiger partial charge in [-0.3, -0.25) is 9.36 Å². The minimum atomic E-state index is -0.0845. The average Bonchev–Trinajstić information content (AvgIpc) is 3.30. The Morgan fingerprint density at radius 3 is 2.53 bits per heavy atom. The van der Waals surface area contributed by atoms with Gasteiger partial charge in [-0.05, 0) is 49.2 Å². The van der Waals surface area contributed by atoms with Gasteiger partial charge in [0.15, 0.2) is 10.9 Å². The molecule has 0 fully saturated rings. The number of rotatable bonds is 5. The molecular weight excluding hydrogens is 418 g/mol. The van der Waals surface area contributed by atoms with Crippen LogP contribution in [0.1, 0.15) is 17.0 Å². The zero-order valence-corrected chi connectivity index (χ0v) is 18.6. The quantitative estimate of drug-likeness (QED) is 0.250. The summed E-state index contributed by atoms with van der Waals surface area (Å²) in [7, 11) is 0. The highest BCUT2D eigenvalue weighted by molar-refractivity contribution is 7.98. The fourth-order valence-electron chi connectivity index (χ4n) is 3.54. The first-order valence-electron chi connectivity index (χ1n) is 10.3. The van der Waals surface area contributed by atoms with Crippen LogP contribution < -0.4 is 5.56 Å². The summed E-state index contributed by atoms with van der Waals surface area (Å²) >= 11 is 1.44. The molecule has 6 heteroatoms. The summed E-state index contributed by atoms with van der Waals surface area (Å²) in [5.74, 6) is 1.77. The lowest BCUT2D eigenvalue weighted by Crippen LogP contribution is -2.22. The molecule has 0 atom stereocenters. The first kappa shape index (κ1) is 20.3. The van der Waals surface area contributed by atoms with Gasteiger partial charge in [0, 0.05) is 5.56 Å². The minimum absolute atomic E-state index is 0.0845. The smallest absolute Gasteiger partial charge is 0.266 e. The second kappa shape index (κ2) is 8.48. The zero-order chi connectivity index (χ0) is 22.1. The number of benzene rings is 3. The molecule has 158 valence electrons. The van der Waals surface area contributed by atoms with E-state index in [1.54, 1.807) is 10.8 Å². The average molecular weight is 440 g/mol. The van der Waals surface area contributed by atoms with Crippen LogP contribution in [-0.2, 0) is 5.75 Å². The largest absolute Gasteiger partial charge is 0.440 e. The number of oxazole rings is 1. The summed E-state index contributed by atoms with van der Waals surface area (Å²) in [5, 5.41) is 1.20. The minimum Gasteiger partial charge on any atom is -0.440 e. The number of aromatic nitrogens is 3. The molecule has 32 heavy (non-hydrogen) atoms. The van der Waals surface area contributed by atoms with E-state index in [9.17, 15) is 4.79 Å². The standard InChI is InChI=1S/C26H21N3O2S/c1-17-12-13-20(14-18(17)2)29-25(30)21-10-6-7-11-22(21)28-26(29)32-16-24-27-15-23(31-24)19-8-4-3-5-9-19/h3-15H,16H2,1-2H3. The molecule has 0 amide bonds. The van der Waals surface area contributed by atoms with Crippen LogP contribution in [0.2, 0.25) is 0 Å². The maximum Gasteiger partial charge on any atom is 0.266 e. The lowest BCUT2D eigenvalue weighted by Gasteiger charge is -2.14. The van der Waals surface area contributed by atoms with E-state index in [4.69, 9.17) is 9.40 Å². The Morgan fingerprint density at radius 1 is 0.938 bits per heavy atom. The molecule has 0 aliphatic heterocycles. The van der Waals surface area contributed by atoms with Gasteiger partial charge in [-0.2, -0.15) is 0 Å². The second-order valence-corrected chi connectivity index (χ2v) is 8.54. The third kappa shape index (κ3) is 3.85. The molecule has 0 aliphatic carbocycles. The molecule has 2 heterocycles. The van der Waals surface area contributed by atoms with Crippen LogP contribution in [-0.4, -0.2) is 14.5 Å². The van der Waals surface area contributed by atoms with Crippen molar-refractivity contribution < 1.29 is 4.42 Å². The van der Waals surface area contributed by atoms with E-state index in [0.29, 0.717) is 27.7 Å². The topological polar surface area (TPSA) is 60.9 Å². The van der Waals surface area contributed by atoms with Gasteiger partial charge in [0.05, 0.1) is 28.5 Å². The Kier molecular flexibility index (Phi) is 5.37. The highest BCUT2D eigenvalue weighted by Crippen LogP contribution is 2.27. The van der Waals surface area contributed by atoms with Crippen molar-refractivity contribution >= 4 is 22.7 Å². The molecule has 0 bridgehead atoms. The number of hydrogen-bond acceptors (Lipinski definition) is 5. The Morgan fingerprint density at radius 2 is 1.72 bits per heavy atom. The number of hydrogen-bond donors (Lipinski definition) is 0. The molecule has 0 saturated heterocycles. The molecule has 2 aromatic heterocycles. The predicted octanol–water partition coefficient (Wildman–Crippen LogP) is 5.95. The molecule has 0 N–H and O–H groups in total. The highest BCUT2D eigenvalue weighted by Gasteiger charge is 2.15. The van der Waals surface area contributed by atoms with Crippen molar-refractivity contribution in [3.8, 4) is 17.0 Å². The van der Waals surface area contributed by atoms with E-state index in [1.807, 2.05) is 79.7 Å². The van der Waals surface area contributed by atoms with Gasteiger partial charge in [0.1, 0.15) is 0 Å². The van der Waals surface area contributed by atoms with Crippen molar-refractivity contribution in [2.75, 3.05) is 0 Å². The molecule has 0 unspecified atom stereocenters. The van der Waals surface area contributed by atoms with Gasteiger partial charge in [0.2, 0.25) is 5.89 Å². The van der Waals surface area contributed by atoms with Crippen molar-refractivity contribution in [3.63, 3.8) is 0 Å². The molecule has 0 radical (unpaired) electrons. The lowest BCUT2D eigenvalue weighted by atomic mass is 10.1. The lowest BCUT2D eigenvalue weighted by molar-refractivity contribution is 0.529. The van der Waals surface area contributed by atoms with E-state index in [-0.39, 0.29) is 5.56 Å². The first-order valence-corrected chi connectivity index (χ1v) is 11.3. The van der Waals surface area contributed by atoms with Crippen molar-refractivity contribution in [1.29, 1.82) is 0 Å². The van der Waals surface area contributed by atoms with Crippen LogP contribution in [0.5, 0.6) is 0 Å². The molecular formula is C26H21N3O2S. The van der Waals surface area contributed by atoms with Gasteiger partial charge >= 0.3 is 0 Å². The molecule has 0 saturated carbocycles. The van der Waals surface area contributed by atoms with Crippen molar-refractivity contribution in [2.24, 2.45) is 0 Å². The molecule has 0 spiro atoms. The van der Waals surface area contributed by atoms with Crippen LogP contribution in [0.4, 0.5) is 0 Å². The monoisotopic (exact) mass is 439 g/mol. The van der Waals surface area contributed by atoms with E-state index in [0.717, 1.165) is 22.6 Å². The van der Waals surface area contributed by atoms with Crippen LogP contribution in [0, 0.1) is 13.8 Å². The van der Waals surface area contributed by atoms with Crippen LogP contribution >= 0.6 is 11.8 Å². The summed E-state index contributed by atoms with van der Waals surface area (Å²) in [6, 6.07) is 23.3. The molecule has 5 rings (SSSR count). The molecule has 5 nitrogen and oxygen atoms in total. The number of nitrogens with zero attached hydrogens (tertiary/aromatic N) is 3. The third-order valence-corrected chi connectivity index (χ3v) is 6.35. The summed E-state index contributed by atoms with van der Waals surface area (Å²) in [4.78, 5) is 22.6. The van der Waals surface area contributed by atoms with E-state index in [2.05, 4.69) is 11.9 Å². The number of fused-ring (bicyclic) bond motifs is 1. The van der Waals surface area contributed by atoms with E-state index >= 15 is 0 Å². The van der Waals surface area contributed by atoms with Crippen LogP contribution in [0.15, 0.2) is 93.4 Å². The SMILES string of the molecule is Cc1ccc(-n2c(SCc3ncc(-c4ccccc4)o3)nc3ccccc3c2=O)cc1C. The Balaban J connectivity index is 1.54. The fraction of sp³-hybridized carbons (Fsp3) is 0.115. The Bertz CT molecular complexity index is 1470. The summed E-state index contributed by atoms with van der Waals surface area (Å²) in [6.07, 6.45) is 1.73. The maximum absolute atomic E-state index is 13.4. The first-order chi connectivity index (χ1) is 15.6. The normalized spacial score (nSPS) is 11.2. The fourth-order valence-corrected chi connectivity index (χ4v) is 4.41. The number of para-hydroxylation sites is 1. The van der Waals surface area contributed by atoms with Crippen molar-refractivity contribution in [1.82, 2.24) is 14.5 Å². The summed E-state index contributed by atoms with van der Waals surface area (Å²) in [5.41, 5.74) is 4.68. The predicted molar refractivity (Wildman–Crippen MR) is 128 cm³/mol. The second-order valence-electron chi connectivity index (χ2n) is 7.59. The highest BCUT2D eigenvalue weighted by atomic mass is 32.2. The van der Waals surface area contributed by atoms with Gasteiger partial charge in [-0.25, -0.2) is 9.97 Å². The molecule has 0 aliphatic rings. The van der Waals surface area contributed by atoms with Crippen molar-refractivity contribution in [3.05, 3.63) is 106 Å². The number of thioether (sulfide) groups is 1. The Hall–Kier alpha value is -3.64. The van der Waals surface area contributed by atoms with Gasteiger partial charge in [-0.1, -0.05) is 60.3 Å². The van der Waals surface area contributed by atoms with Gasteiger partial charge < -0.3 is 4.42 Å². The van der Waals surface area contributed by atoms with Crippen molar-refractivity contribution in [2.45, 2.75) is 24.8 Å². The van der Waals surface area contributed by atoms with E-state index < -0.39 is 0 Å². The molecule has 5 aromatic rings. The Labute approximate surface area is 189 Å². The summed E-state index contributed by atoms with van der Waals surface area (Å²) in [6.45, 7) is 4.10. The molecule has 3 aromatic carbocycles. The maximum atomic E-state index is 13.4. The third-order valence-electron chi connectivity index (χ3n) is 5.43. The van der Waals surface area contributed by atoms with Gasteiger partial charge in [-0.15, -0.1) is 0 Å². The van der Waals surface area contributed by atoms with Crippen LogP contribution in [0.3, 0.4) is 0 Å². The van der Waals surface area contributed by atoms with Crippen LogP contribution in [0.25, 0.3) is 27.9 Å².